The van der Waals surface area contributed by atoms with E-state index in [1.807, 2.05) is 0 Å². The molecule has 154 valence electrons. The molecule has 0 spiro atoms. The number of hydrogen-bond acceptors (Lipinski definition) is 4. The van der Waals surface area contributed by atoms with E-state index < -0.39 is 12.0 Å². The Morgan fingerprint density at radius 2 is 2.03 bits per heavy atom. The maximum Gasteiger partial charge on any atom is 0.305 e. The van der Waals surface area contributed by atoms with Crippen molar-refractivity contribution in [2.75, 3.05) is 11.9 Å². The number of rotatable bonds is 9. The van der Waals surface area contributed by atoms with E-state index in [0.29, 0.717) is 23.4 Å². The summed E-state index contributed by atoms with van der Waals surface area (Å²) in [7, 11) is 0. The Morgan fingerprint density at radius 1 is 1.21 bits per heavy atom. The fraction of sp³-hybridized carbons (Fsp3) is 0.409. The maximum absolute atomic E-state index is 12.3. The van der Waals surface area contributed by atoms with Crippen LogP contribution >= 0.6 is 11.6 Å². The van der Waals surface area contributed by atoms with Crippen molar-refractivity contribution >= 4 is 29.3 Å². The van der Waals surface area contributed by atoms with Gasteiger partial charge in [0, 0.05) is 23.7 Å². The van der Waals surface area contributed by atoms with E-state index in [2.05, 4.69) is 27.8 Å². The van der Waals surface area contributed by atoms with E-state index in [0.717, 1.165) is 43.7 Å². The summed E-state index contributed by atoms with van der Waals surface area (Å²) in [5.74, 6) is -0.165. The van der Waals surface area contributed by atoms with Crippen LogP contribution in [-0.4, -0.2) is 28.5 Å². The van der Waals surface area contributed by atoms with Crippen molar-refractivity contribution < 1.29 is 14.7 Å². The average molecular weight is 416 g/mol. The van der Waals surface area contributed by atoms with Crippen LogP contribution < -0.4 is 10.6 Å². The van der Waals surface area contributed by atoms with Crippen LogP contribution in [0.5, 0.6) is 0 Å². The number of carboxylic acids is 1. The lowest BCUT2D eigenvalue weighted by atomic mass is 10.0. The molecule has 0 saturated carbocycles. The largest absolute Gasteiger partial charge is 0.481 e. The molecule has 0 radical (unpaired) electrons. The minimum atomic E-state index is -0.984. The molecule has 1 aliphatic heterocycles. The van der Waals surface area contributed by atoms with Gasteiger partial charge in [-0.25, -0.2) is 4.98 Å². The topological polar surface area (TPSA) is 91.3 Å². The van der Waals surface area contributed by atoms with Gasteiger partial charge in [-0.05, 0) is 55.4 Å². The first-order chi connectivity index (χ1) is 14.0. The van der Waals surface area contributed by atoms with Gasteiger partial charge >= 0.3 is 5.97 Å². The Bertz CT molecular complexity index is 872. The second-order valence-electron chi connectivity index (χ2n) is 7.29. The lowest BCUT2D eigenvalue weighted by molar-refractivity contribution is -0.137. The van der Waals surface area contributed by atoms with Gasteiger partial charge in [-0.15, -0.1) is 0 Å². The van der Waals surface area contributed by atoms with Crippen LogP contribution in [0.1, 0.15) is 55.0 Å². The molecule has 1 amide bonds. The molecule has 0 fully saturated rings. The van der Waals surface area contributed by atoms with Crippen molar-refractivity contribution in [3.8, 4) is 0 Å². The number of pyridine rings is 1. The molecule has 7 heteroatoms. The fourth-order valence-electron chi connectivity index (χ4n) is 3.54. The highest BCUT2D eigenvalue weighted by molar-refractivity contribution is 6.31. The molecule has 1 atom stereocenters. The molecule has 2 aromatic rings. The van der Waals surface area contributed by atoms with Gasteiger partial charge in [-0.3, -0.25) is 9.59 Å². The van der Waals surface area contributed by atoms with E-state index in [9.17, 15) is 9.59 Å². The summed E-state index contributed by atoms with van der Waals surface area (Å²) in [6.45, 7) is 0.965. The molecular formula is C22H26ClN3O3. The highest BCUT2D eigenvalue weighted by Crippen LogP contribution is 2.25. The van der Waals surface area contributed by atoms with Gasteiger partial charge < -0.3 is 15.7 Å². The van der Waals surface area contributed by atoms with Crippen molar-refractivity contribution in [1.82, 2.24) is 10.3 Å². The number of aryl methyl sites for hydroxylation is 2. The number of amides is 1. The van der Waals surface area contributed by atoms with Crippen LogP contribution in [0.15, 0.2) is 36.4 Å². The summed E-state index contributed by atoms with van der Waals surface area (Å²) in [6, 6.07) is 10.5. The zero-order valence-corrected chi connectivity index (χ0v) is 17.0. The van der Waals surface area contributed by atoms with Gasteiger partial charge in [0.2, 0.25) is 5.91 Å². The van der Waals surface area contributed by atoms with Gasteiger partial charge in [0.05, 0.1) is 12.5 Å². The molecule has 6 nitrogen and oxygen atoms in total. The van der Waals surface area contributed by atoms with E-state index >= 15 is 0 Å². The first-order valence-electron chi connectivity index (χ1n) is 10.0. The molecule has 3 rings (SSSR count). The van der Waals surface area contributed by atoms with E-state index in [1.54, 1.807) is 24.3 Å². The van der Waals surface area contributed by atoms with Crippen molar-refractivity contribution in [2.24, 2.45) is 0 Å². The highest BCUT2D eigenvalue weighted by atomic mass is 35.5. The standard InChI is InChI=1S/C22H26ClN3O3/c23-18-9-3-2-8-17(18)19(14-21(28)29)26-20(27)10-4-1-7-16-12-11-15-6-5-13-24-22(15)25-16/h2-3,8-9,11-12,19H,1,4-7,10,13-14H2,(H,24,25)(H,26,27)(H,28,29). The van der Waals surface area contributed by atoms with Gasteiger partial charge in [0.1, 0.15) is 5.82 Å². The molecule has 1 aliphatic rings. The van der Waals surface area contributed by atoms with Crippen molar-refractivity contribution in [3.05, 3.63) is 58.2 Å². The predicted octanol–water partition coefficient (Wildman–Crippen LogP) is 4.14. The van der Waals surface area contributed by atoms with Crippen molar-refractivity contribution in [3.63, 3.8) is 0 Å². The maximum atomic E-state index is 12.3. The second-order valence-corrected chi connectivity index (χ2v) is 7.69. The number of nitrogens with zero attached hydrogens (tertiary/aromatic N) is 1. The number of halogens is 1. The Balaban J connectivity index is 1.48. The molecule has 0 saturated heterocycles. The summed E-state index contributed by atoms with van der Waals surface area (Å²) in [6.07, 6.45) is 4.70. The van der Waals surface area contributed by atoms with Crippen LogP contribution in [0.25, 0.3) is 0 Å². The number of hydrogen-bond donors (Lipinski definition) is 3. The molecule has 1 aromatic carbocycles. The quantitative estimate of drug-likeness (QED) is 0.535. The molecule has 29 heavy (non-hydrogen) atoms. The molecule has 3 N–H and O–H groups in total. The second kappa shape index (κ2) is 10.3. The zero-order chi connectivity index (χ0) is 20.6. The van der Waals surface area contributed by atoms with E-state index in [4.69, 9.17) is 16.7 Å². The summed E-state index contributed by atoms with van der Waals surface area (Å²) in [4.78, 5) is 28.2. The number of aromatic nitrogens is 1. The predicted molar refractivity (Wildman–Crippen MR) is 113 cm³/mol. The summed E-state index contributed by atoms with van der Waals surface area (Å²) < 4.78 is 0. The number of unbranched alkanes of at least 4 members (excludes halogenated alkanes) is 1. The Hall–Kier alpha value is -2.60. The Kier molecular flexibility index (Phi) is 7.47. The summed E-state index contributed by atoms with van der Waals surface area (Å²) >= 11 is 6.17. The van der Waals surface area contributed by atoms with Gasteiger partial charge in [0.15, 0.2) is 0 Å². The van der Waals surface area contributed by atoms with Crippen LogP contribution in [0.3, 0.4) is 0 Å². The van der Waals surface area contributed by atoms with Crippen LogP contribution in [-0.2, 0) is 22.4 Å². The van der Waals surface area contributed by atoms with Crippen molar-refractivity contribution in [1.29, 1.82) is 0 Å². The zero-order valence-electron chi connectivity index (χ0n) is 16.3. The third kappa shape index (κ3) is 6.19. The molecule has 1 aromatic heterocycles. The monoisotopic (exact) mass is 415 g/mol. The van der Waals surface area contributed by atoms with Gasteiger partial charge in [-0.1, -0.05) is 35.9 Å². The number of carboxylic acid groups (broad SMARTS) is 1. The molecule has 2 heterocycles. The third-order valence-corrected chi connectivity index (χ3v) is 5.38. The number of carbonyl (C=O) groups excluding carboxylic acids is 1. The van der Waals surface area contributed by atoms with E-state index in [1.165, 1.54) is 5.56 Å². The number of aliphatic carboxylic acids is 1. The average Bonchev–Trinajstić information content (AvgIpc) is 2.70. The Labute approximate surface area is 175 Å². The molecular weight excluding hydrogens is 390 g/mol. The van der Waals surface area contributed by atoms with Crippen molar-refractivity contribution in [2.45, 2.75) is 51.0 Å². The Morgan fingerprint density at radius 3 is 2.83 bits per heavy atom. The highest BCUT2D eigenvalue weighted by Gasteiger charge is 2.20. The molecule has 1 unspecified atom stereocenters. The minimum absolute atomic E-state index is 0.170. The lowest BCUT2D eigenvalue weighted by Gasteiger charge is -2.19. The minimum Gasteiger partial charge on any atom is -0.481 e. The van der Waals surface area contributed by atoms with Crippen LogP contribution in [0.4, 0.5) is 5.82 Å². The number of benzene rings is 1. The van der Waals surface area contributed by atoms with Gasteiger partial charge in [0.25, 0.3) is 0 Å². The summed E-state index contributed by atoms with van der Waals surface area (Å²) in [5, 5.41) is 15.8. The molecule has 0 bridgehead atoms. The SMILES string of the molecule is O=C(O)CC(NC(=O)CCCCc1ccc2c(n1)NCCC2)c1ccccc1Cl. The molecule has 0 aliphatic carbocycles. The lowest BCUT2D eigenvalue weighted by Crippen LogP contribution is -2.30. The number of carbonyl (C=O) groups is 2. The smallest absolute Gasteiger partial charge is 0.305 e. The first-order valence-corrected chi connectivity index (χ1v) is 10.4. The third-order valence-electron chi connectivity index (χ3n) is 5.03. The fourth-order valence-corrected chi connectivity index (χ4v) is 3.80. The summed E-state index contributed by atoms with van der Waals surface area (Å²) in [5.41, 5.74) is 2.91. The van der Waals surface area contributed by atoms with Crippen LogP contribution in [0, 0.1) is 0 Å². The number of fused-ring (bicyclic) bond motifs is 1. The number of anilines is 1. The van der Waals surface area contributed by atoms with E-state index in [-0.39, 0.29) is 12.3 Å². The number of nitrogens with one attached hydrogen (secondary N) is 2. The van der Waals surface area contributed by atoms with Gasteiger partial charge in [-0.2, -0.15) is 0 Å². The normalized spacial score (nSPS) is 13.8. The van der Waals surface area contributed by atoms with Crippen LogP contribution in [0.2, 0.25) is 5.02 Å². The first kappa shape index (κ1) is 21.1.